The maximum absolute atomic E-state index is 12.8. The minimum Gasteiger partial charge on any atom is -0.301 e. The average Bonchev–Trinajstić information content (AvgIpc) is 3.23. The highest BCUT2D eigenvalue weighted by Crippen LogP contribution is 2.28. The van der Waals surface area contributed by atoms with Crippen molar-refractivity contribution in [2.45, 2.75) is 30.8 Å². The summed E-state index contributed by atoms with van der Waals surface area (Å²) < 4.78 is 2.60. The molecule has 0 fully saturated rings. The lowest BCUT2D eigenvalue weighted by molar-refractivity contribution is -0.115. The molecule has 158 valence electrons. The summed E-state index contributed by atoms with van der Waals surface area (Å²) in [6, 6.07) is 15.1. The summed E-state index contributed by atoms with van der Waals surface area (Å²) in [7, 11) is 0. The van der Waals surface area contributed by atoms with Crippen LogP contribution in [-0.2, 0) is 11.3 Å². The summed E-state index contributed by atoms with van der Waals surface area (Å²) in [6.45, 7) is 4.17. The van der Waals surface area contributed by atoms with E-state index in [9.17, 15) is 9.59 Å². The molecule has 0 spiro atoms. The summed E-state index contributed by atoms with van der Waals surface area (Å²) in [6.07, 6.45) is 0. The van der Waals surface area contributed by atoms with E-state index >= 15 is 0 Å². The molecule has 1 amide bonds. The quantitative estimate of drug-likeness (QED) is 0.274. The summed E-state index contributed by atoms with van der Waals surface area (Å²) in [5.41, 5.74) is 2.33. The standard InChI is InChI=1S/C22H19BrN4O2S2/c1-3-27-20(29)16-6-4-5-7-17(16)25-22(27)31-13(2)19(28)26-21-24-18(12-30-21)14-8-10-15(23)11-9-14/h4-13H,3H2,1-2H3,(H,24,26,28). The minimum absolute atomic E-state index is 0.0951. The van der Waals surface area contributed by atoms with Gasteiger partial charge >= 0.3 is 0 Å². The molecule has 0 aliphatic rings. The van der Waals surface area contributed by atoms with Gasteiger partial charge in [0.25, 0.3) is 5.56 Å². The lowest BCUT2D eigenvalue weighted by Crippen LogP contribution is -2.26. The van der Waals surface area contributed by atoms with E-state index in [1.165, 1.54) is 23.1 Å². The van der Waals surface area contributed by atoms with E-state index in [1.54, 1.807) is 17.6 Å². The topological polar surface area (TPSA) is 76.9 Å². The van der Waals surface area contributed by atoms with Crippen molar-refractivity contribution in [2.24, 2.45) is 0 Å². The third kappa shape index (κ3) is 4.73. The van der Waals surface area contributed by atoms with Crippen molar-refractivity contribution in [1.29, 1.82) is 0 Å². The molecule has 2 aromatic heterocycles. The van der Waals surface area contributed by atoms with Gasteiger partial charge in [0.15, 0.2) is 10.3 Å². The Hall–Kier alpha value is -2.49. The van der Waals surface area contributed by atoms with E-state index in [2.05, 4.69) is 31.2 Å². The lowest BCUT2D eigenvalue weighted by atomic mass is 10.2. The fraction of sp³-hybridized carbons (Fsp3) is 0.182. The van der Waals surface area contributed by atoms with E-state index in [0.29, 0.717) is 27.7 Å². The first kappa shape index (κ1) is 21.7. The van der Waals surface area contributed by atoms with Crippen molar-refractivity contribution in [2.75, 3.05) is 5.32 Å². The normalized spacial score (nSPS) is 12.1. The van der Waals surface area contributed by atoms with Crippen LogP contribution >= 0.6 is 39.0 Å². The number of nitrogens with one attached hydrogen (secondary N) is 1. The highest BCUT2D eigenvalue weighted by atomic mass is 79.9. The van der Waals surface area contributed by atoms with Crippen LogP contribution in [0.1, 0.15) is 13.8 Å². The predicted octanol–water partition coefficient (Wildman–Crippen LogP) is 5.42. The SMILES string of the molecule is CCn1c(SC(C)C(=O)Nc2nc(-c3ccc(Br)cc3)cs2)nc2ccccc2c1=O. The molecule has 0 bridgehead atoms. The first-order valence-electron chi connectivity index (χ1n) is 9.65. The number of carbonyl (C=O) groups is 1. The highest BCUT2D eigenvalue weighted by molar-refractivity contribution is 9.10. The molecule has 0 radical (unpaired) electrons. The van der Waals surface area contributed by atoms with Crippen LogP contribution in [0.2, 0.25) is 0 Å². The molecule has 0 aliphatic heterocycles. The van der Waals surface area contributed by atoms with Gasteiger partial charge in [-0.25, -0.2) is 9.97 Å². The molecule has 2 aromatic carbocycles. The molecule has 2 heterocycles. The summed E-state index contributed by atoms with van der Waals surface area (Å²) in [5.74, 6) is -0.188. The Balaban J connectivity index is 1.51. The van der Waals surface area contributed by atoms with Crippen molar-refractivity contribution >= 4 is 61.0 Å². The van der Waals surface area contributed by atoms with Gasteiger partial charge in [-0.1, -0.05) is 52.0 Å². The smallest absolute Gasteiger partial charge is 0.262 e. The van der Waals surface area contributed by atoms with Crippen molar-refractivity contribution in [3.8, 4) is 11.3 Å². The number of anilines is 1. The Morgan fingerprint density at radius 1 is 1.19 bits per heavy atom. The predicted molar refractivity (Wildman–Crippen MR) is 131 cm³/mol. The third-order valence-corrected chi connectivity index (χ3v) is 7.05. The van der Waals surface area contributed by atoms with Crippen LogP contribution in [-0.4, -0.2) is 25.7 Å². The van der Waals surface area contributed by atoms with Crippen molar-refractivity contribution in [3.05, 3.63) is 68.7 Å². The molecule has 4 rings (SSSR count). The molecule has 9 heteroatoms. The Kier molecular flexibility index (Phi) is 6.54. The second kappa shape index (κ2) is 9.33. The average molecular weight is 515 g/mol. The summed E-state index contributed by atoms with van der Waals surface area (Å²) in [5, 5.41) is 5.98. The Bertz CT molecular complexity index is 1300. The zero-order valence-electron chi connectivity index (χ0n) is 16.8. The van der Waals surface area contributed by atoms with E-state index in [1.807, 2.05) is 54.8 Å². The van der Waals surface area contributed by atoms with Gasteiger partial charge in [0.2, 0.25) is 5.91 Å². The number of thioether (sulfide) groups is 1. The number of nitrogens with zero attached hydrogens (tertiary/aromatic N) is 3. The molecule has 1 N–H and O–H groups in total. The summed E-state index contributed by atoms with van der Waals surface area (Å²) >= 11 is 6.07. The number of rotatable bonds is 6. The maximum atomic E-state index is 12.8. The Labute approximate surface area is 195 Å². The number of fused-ring (bicyclic) bond motifs is 1. The fourth-order valence-electron chi connectivity index (χ4n) is 3.02. The van der Waals surface area contributed by atoms with Crippen LogP contribution in [0.15, 0.2) is 68.3 Å². The molecule has 0 aliphatic carbocycles. The van der Waals surface area contributed by atoms with Gasteiger partial charge in [-0.2, -0.15) is 0 Å². The Morgan fingerprint density at radius 2 is 1.94 bits per heavy atom. The molecule has 1 atom stereocenters. The van der Waals surface area contributed by atoms with Crippen LogP contribution < -0.4 is 10.9 Å². The van der Waals surface area contributed by atoms with E-state index in [4.69, 9.17) is 0 Å². The Morgan fingerprint density at radius 3 is 2.68 bits per heavy atom. The van der Waals surface area contributed by atoms with E-state index in [0.717, 1.165) is 15.7 Å². The van der Waals surface area contributed by atoms with Crippen LogP contribution in [0.4, 0.5) is 5.13 Å². The van der Waals surface area contributed by atoms with Gasteiger partial charge in [0.1, 0.15) is 0 Å². The number of carbonyl (C=O) groups excluding carboxylic acids is 1. The molecular weight excluding hydrogens is 496 g/mol. The van der Waals surface area contributed by atoms with Gasteiger partial charge in [-0.05, 0) is 38.1 Å². The lowest BCUT2D eigenvalue weighted by Gasteiger charge is -2.14. The largest absolute Gasteiger partial charge is 0.301 e. The molecule has 4 aromatic rings. The third-order valence-electron chi connectivity index (χ3n) is 4.67. The van der Waals surface area contributed by atoms with Crippen molar-refractivity contribution in [3.63, 3.8) is 0 Å². The molecule has 1 unspecified atom stereocenters. The second-order valence-electron chi connectivity index (χ2n) is 6.76. The second-order valence-corrected chi connectivity index (χ2v) is 9.84. The highest BCUT2D eigenvalue weighted by Gasteiger charge is 2.20. The number of aromatic nitrogens is 3. The number of halogens is 1. The number of para-hydroxylation sites is 1. The van der Waals surface area contributed by atoms with E-state index in [-0.39, 0.29) is 11.5 Å². The van der Waals surface area contributed by atoms with Crippen LogP contribution in [0.5, 0.6) is 0 Å². The number of thiazole rings is 1. The van der Waals surface area contributed by atoms with Gasteiger partial charge in [0, 0.05) is 22.0 Å². The van der Waals surface area contributed by atoms with E-state index < -0.39 is 5.25 Å². The zero-order chi connectivity index (χ0) is 22.0. The molecule has 31 heavy (non-hydrogen) atoms. The van der Waals surface area contributed by atoms with Crippen LogP contribution in [0.3, 0.4) is 0 Å². The number of hydrogen-bond acceptors (Lipinski definition) is 6. The van der Waals surface area contributed by atoms with Gasteiger partial charge in [0.05, 0.1) is 21.8 Å². The molecule has 0 saturated heterocycles. The zero-order valence-corrected chi connectivity index (χ0v) is 20.1. The van der Waals surface area contributed by atoms with Gasteiger partial charge in [-0.3, -0.25) is 14.2 Å². The molecule has 6 nitrogen and oxygen atoms in total. The van der Waals surface area contributed by atoms with Crippen LogP contribution in [0.25, 0.3) is 22.2 Å². The fourth-order valence-corrected chi connectivity index (χ4v) is 4.98. The maximum Gasteiger partial charge on any atom is 0.262 e. The molecule has 0 saturated carbocycles. The summed E-state index contributed by atoms with van der Waals surface area (Å²) in [4.78, 5) is 34.7. The van der Waals surface area contributed by atoms with Gasteiger partial charge < -0.3 is 5.32 Å². The van der Waals surface area contributed by atoms with Crippen LogP contribution in [0, 0.1) is 0 Å². The first-order chi connectivity index (χ1) is 15.0. The molecular formula is C22H19BrN4O2S2. The van der Waals surface area contributed by atoms with Gasteiger partial charge in [-0.15, -0.1) is 11.3 Å². The minimum atomic E-state index is -0.453. The monoisotopic (exact) mass is 514 g/mol. The van der Waals surface area contributed by atoms with Crippen molar-refractivity contribution in [1.82, 2.24) is 14.5 Å². The first-order valence-corrected chi connectivity index (χ1v) is 12.2. The van der Waals surface area contributed by atoms with Crippen molar-refractivity contribution < 1.29 is 4.79 Å². The number of hydrogen-bond donors (Lipinski definition) is 1. The number of amides is 1. The number of benzene rings is 2.